The smallest absolute Gasteiger partial charge is 0.272 e. The molecule has 0 radical (unpaired) electrons. The van der Waals surface area contributed by atoms with Crippen LogP contribution in [0.25, 0.3) is 17.1 Å². The van der Waals surface area contributed by atoms with Crippen molar-refractivity contribution in [3.8, 4) is 17.1 Å². The number of hydrogen-bond acceptors (Lipinski definition) is 3. The Morgan fingerprint density at radius 3 is 2.21 bits per heavy atom. The van der Waals surface area contributed by atoms with E-state index in [1.54, 1.807) is 21.4 Å². The van der Waals surface area contributed by atoms with Gasteiger partial charge in [-0.05, 0) is 30.3 Å². The van der Waals surface area contributed by atoms with Gasteiger partial charge in [0.05, 0.1) is 11.4 Å². The van der Waals surface area contributed by atoms with Crippen molar-refractivity contribution in [2.75, 3.05) is 26.2 Å². The lowest BCUT2D eigenvalue weighted by Gasteiger charge is -2.34. The maximum atomic E-state index is 13.3. The molecule has 3 aromatic rings. The van der Waals surface area contributed by atoms with Crippen molar-refractivity contribution in [3.63, 3.8) is 0 Å². The molecule has 0 aliphatic carbocycles. The lowest BCUT2D eigenvalue weighted by molar-refractivity contribution is -0.130. The van der Waals surface area contributed by atoms with Crippen LogP contribution in [0.5, 0.6) is 0 Å². The van der Waals surface area contributed by atoms with Gasteiger partial charge in [-0.15, -0.1) is 0 Å². The van der Waals surface area contributed by atoms with Crippen LogP contribution in [-0.4, -0.2) is 62.1 Å². The van der Waals surface area contributed by atoms with Crippen LogP contribution < -0.4 is 0 Å². The van der Waals surface area contributed by atoms with Gasteiger partial charge in [0.1, 0.15) is 11.4 Å². The Hall–Kier alpha value is -3.35. The first-order valence-corrected chi connectivity index (χ1v) is 9.36. The number of para-hydroxylation sites is 1. The topological polar surface area (TPSA) is 63.4 Å². The number of carbonyl (C=O) groups excluding carboxylic acids is 2. The predicted molar refractivity (Wildman–Crippen MR) is 106 cm³/mol. The molecule has 4 rings (SSSR count). The summed E-state index contributed by atoms with van der Waals surface area (Å²) in [5.41, 5.74) is 3.07. The molecular formula is C21H23N5O2. The molecule has 1 aromatic carbocycles. The Morgan fingerprint density at radius 1 is 0.929 bits per heavy atom. The minimum Gasteiger partial charge on any atom is -0.349 e. The molecule has 1 saturated heterocycles. The van der Waals surface area contributed by atoms with E-state index in [0.717, 1.165) is 17.1 Å². The van der Waals surface area contributed by atoms with E-state index in [1.165, 1.54) is 0 Å². The molecule has 1 fully saturated rings. The molecule has 28 heavy (non-hydrogen) atoms. The zero-order chi connectivity index (χ0) is 19.7. The summed E-state index contributed by atoms with van der Waals surface area (Å²) in [6.45, 7) is 3.74. The van der Waals surface area contributed by atoms with E-state index in [1.807, 2.05) is 66.3 Å². The number of nitrogens with zero attached hydrogens (tertiary/aromatic N) is 5. The maximum absolute atomic E-state index is 13.3. The zero-order valence-corrected chi connectivity index (χ0v) is 16.1. The third kappa shape index (κ3) is 3.31. The summed E-state index contributed by atoms with van der Waals surface area (Å²) in [6, 6.07) is 15.5. The minimum absolute atomic E-state index is 0.0485. The van der Waals surface area contributed by atoms with Gasteiger partial charge in [0.2, 0.25) is 5.91 Å². The second-order valence-electron chi connectivity index (χ2n) is 6.96. The third-order valence-corrected chi connectivity index (χ3v) is 5.15. The molecule has 2 amide bonds. The number of rotatable bonds is 3. The minimum atomic E-state index is -0.0694. The van der Waals surface area contributed by atoms with Crippen LogP contribution in [0.4, 0.5) is 0 Å². The Kier molecular flexibility index (Phi) is 4.73. The number of aryl methyl sites for hydroxylation is 1. The van der Waals surface area contributed by atoms with E-state index in [2.05, 4.69) is 0 Å². The second-order valence-corrected chi connectivity index (χ2v) is 6.96. The number of piperazine rings is 1. The monoisotopic (exact) mass is 377 g/mol. The average Bonchev–Trinajstić information content (AvgIpc) is 3.34. The van der Waals surface area contributed by atoms with E-state index in [9.17, 15) is 9.59 Å². The lowest BCUT2D eigenvalue weighted by Crippen LogP contribution is -2.50. The van der Waals surface area contributed by atoms with Gasteiger partial charge >= 0.3 is 0 Å². The number of benzene rings is 1. The van der Waals surface area contributed by atoms with Crippen molar-refractivity contribution < 1.29 is 9.59 Å². The van der Waals surface area contributed by atoms with Gasteiger partial charge in [0.15, 0.2) is 0 Å². The molecule has 0 N–H and O–H groups in total. The van der Waals surface area contributed by atoms with E-state index >= 15 is 0 Å². The molecule has 7 heteroatoms. The molecule has 0 atom stereocenters. The summed E-state index contributed by atoms with van der Waals surface area (Å²) in [5, 5.41) is 4.73. The summed E-state index contributed by atoms with van der Waals surface area (Å²) in [4.78, 5) is 28.4. The van der Waals surface area contributed by atoms with Gasteiger partial charge in [-0.2, -0.15) is 5.10 Å². The van der Waals surface area contributed by atoms with Gasteiger partial charge in [0, 0.05) is 46.3 Å². The number of carbonyl (C=O) groups is 2. The van der Waals surface area contributed by atoms with Gasteiger partial charge in [-0.25, -0.2) is 4.68 Å². The molecular weight excluding hydrogens is 354 g/mol. The van der Waals surface area contributed by atoms with Crippen molar-refractivity contribution in [1.82, 2.24) is 24.1 Å². The van der Waals surface area contributed by atoms with Crippen LogP contribution in [0.1, 0.15) is 17.4 Å². The van der Waals surface area contributed by atoms with E-state index in [-0.39, 0.29) is 11.8 Å². The highest BCUT2D eigenvalue weighted by molar-refractivity contribution is 5.94. The quantitative estimate of drug-likeness (QED) is 0.703. The molecule has 0 unspecified atom stereocenters. The summed E-state index contributed by atoms with van der Waals surface area (Å²) < 4.78 is 3.69. The van der Waals surface area contributed by atoms with Crippen LogP contribution in [0.2, 0.25) is 0 Å². The summed E-state index contributed by atoms with van der Waals surface area (Å²) >= 11 is 0. The predicted octanol–water partition coefficient (Wildman–Crippen LogP) is 2.18. The van der Waals surface area contributed by atoms with E-state index in [4.69, 9.17) is 5.10 Å². The van der Waals surface area contributed by atoms with Gasteiger partial charge < -0.3 is 14.4 Å². The molecule has 7 nitrogen and oxygen atoms in total. The maximum Gasteiger partial charge on any atom is 0.272 e. The Morgan fingerprint density at radius 2 is 1.61 bits per heavy atom. The zero-order valence-electron chi connectivity index (χ0n) is 16.1. The molecule has 1 aliphatic heterocycles. The fraction of sp³-hybridized carbons (Fsp3) is 0.286. The Balaban J connectivity index is 1.69. The summed E-state index contributed by atoms with van der Waals surface area (Å²) in [6.07, 6.45) is 1.96. The molecule has 0 bridgehead atoms. The van der Waals surface area contributed by atoms with Crippen molar-refractivity contribution in [2.24, 2.45) is 7.05 Å². The molecule has 1 aliphatic rings. The van der Waals surface area contributed by atoms with Crippen molar-refractivity contribution >= 4 is 11.8 Å². The number of hydrogen-bond donors (Lipinski definition) is 0. The molecule has 3 heterocycles. The van der Waals surface area contributed by atoms with Gasteiger partial charge in [-0.1, -0.05) is 18.2 Å². The Bertz CT molecular complexity index is 997. The normalized spacial score (nSPS) is 14.4. The highest BCUT2D eigenvalue weighted by Gasteiger charge is 2.27. The lowest BCUT2D eigenvalue weighted by atomic mass is 10.2. The first-order chi connectivity index (χ1) is 13.5. The average molecular weight is 377 g/mol. The molecule has 0 saturated carbocycles. The summed E-state index contributed by atoms with van der Waals surface area (Å²) in [7, 11) is 1.96. The first kappa shape index (κ1) is 18.0. The van der Waals surface area contributed by atoms with Crippen molar-refractivity contribution in [2.45, 2.75) is 6.92 Å². The number of amides is 2. The standard InChI is InChI=1S/C21H23N5O2/c1-16(27)24-11-13-25(14-12-24)21(28)20-15-18(19-9-6-10-23(19)2)22-26(20)17-7-4-3-5-8-17/h3-10,15H,11-14H2,1-2H3. The van der Waals surface area contributed by atoms with Crippen LogP contribution in [0, 0.1) is 0 Å². The van der Waals surface area contributed by atoms with Crippen LogP contribution in [0.3, 0.4) is 0 Å². The van der Waals surface area contributed by atoms with E-state index < -0.39 is 0 Å². The van der Waals surface area contributed by atoms with Crippen molar-refractivity contribution in [1.29, 1.82) is 0 Å². The SMILES string of the molecule is CC(=O)N1CCN(C(=O)c2cc(-c3cccn3C)nn2-c2ccccc2)CC1. The summed E-state index contributed by atoms with van der Waals surface area (Å²) in [5.74, 6) is -0.0209. The largest absolute Gasteiger partial charge is 0.349 e. The number of aromatic nitrogens is 3. The van der Waals surface area contributed by atoms with Crippen molar-refractivity contribution in [3.05, 3.63) is 60.4 Å². The first-order valence-electron chi connectivity index (χ1n) is 9.36. The Labute approximate surface area is 163 Å². The third-order valence-electron chi connectivity index (χ3n) is 5.15. The molecule has 0 spiro atoms. The molecule has 2 aromatic heterocycles. The van der Waals surface area contributed by atoms with Crippen LogP contribution in [-0.2, 0) is 11.8 Å². The van der Waals surface area contributed by atoms with Gasteiger partial charge in [-0.3, -0.25) is 9.59 Å². The highest BCUT2D eigenvalue weighted by Crippen LogP contribution is 2.23. The fourth-order valence-corrected chi connectivity index (χ4v) is 3.54. The fourth-order valence-electron chi connectivity index (χ4n) is 3.54. The van der Waals surface area contributed by atoms with Gasteiger partial charge in [0.25, 0.3) is 5.91 Å². The van der Waals surface area contributed by atoms with E-state index in [0.29, 0.717) is 31.9 Å². The highest BCUT2D eigenvalue weighted by atomic mass is 16.2. The molecule has 144 valence electrons. The second kappa shape index (κ2) is 7.34. The van der Waals surface area contributed by atoms with Crippen LogP contribution in [0.15, 0.2) is 54.7 Å². The van der Waals surface area contributed by atoms with Crippen LogP contribution >= 0.6 is 0 Å².